The number of hydrogen-bond donors (Lipinski definition) is 1. The van der Waals surface area contributed by atoms with Gasteiger partial charge in [0.05, 0.1) is 6.61 Å². The molecule has 0 radical (unpaired) electrons. The smallest absolute Gasteiger partial charge is 0.270 e. The zero-order valence-electron chi connectivity index (χ0n) is 10.8. The largest absolute Gasteiger partial charge is 0.392 e. The van der Waals surface area contributed by atoms with Crippen LogP contribution in [0.5, 0.6) is 0 Å². The lowest BCUT2D eigenvalue weighted by Gasteiger charge is -2.24. The Bertz CT molecular complexity index is 403. The van der Waals surface area contributed by atoms with Gasteiger partial charge in [-0.2, -0.15) is 0 Å². The van der Waals surface area contributed by atoms with Crippen molar-refractivity contribution in [3.05, 3.63) is 34.9 Å². The molecule has 1 aliphatic carbocycles. The summed E-state index contributed by atoms with van der Waals surface area (Å²) in [5, 5.41) is 9.15. The maximum Gasteiger partial charge on any atom is 0.270 e. The van der Waals surface area contributed by atoms with Gasteiger partial charge < -0.3 is 5.11 Å². The lowest BCUT2D eigenvalue weighted by molar-refractivity contribution is 0.0152. The van der Waals surface area contributed by atoms with Gasteiger partial charge in [-0.1, -0.05) is 31.4 Å². The lowest BCUT2D eigenvalue weighted by Crippen LogP contribution is -2.13. The molecule has 3 heteroatoms. The van der Waals surface area contributed by atoms with Gasteiger partial charge in [0, 0.05) is 12.5 Å². The molecule has 0 atom stereocenters. The Kier molecular flexibility index (Phi) is 4.00. The molecule has 1 N–H and O–H groups in total. The van der Waals surface area contributed by atoms with Crippen molar-refractivity contribution in [2.24, 2.45) is 0 Å². The summed E-state index contributed by atoms with van der Waals surface area (Å²) in [7, 11) is 0. The monoisotopic (exact) mass is 254 g/mol. The SMILES string of the molecule is CC(F)(F)c1cc(C2CCCCC2)ccc1CO. The van der Waals surface area contributed by atoms with Crippen LogP contribution < -0.4 is 0 Å². The topological polar surface area (TPSA) is 20.2 Å². The number of hydrogen-bond acceptors (Lipinski definition) is 1. The van der Waals surface area contributed by atoms with Gasteiger partial charge in [0.25, 0.3) is 5.92 Å². The maximum absolute atomic E-state index is 13.5. The van der Waals surface area contributed by atoms with Crippen molar-refractivity contribution in [2.45, 2.75) is 57.5 Å². The highest BCUT2D eigenvalue weighted by atomic mass is 19.3. The van der Waals surface area contributed by atoms with Crippen molar-refractivity contribution >= 4 is 0 Å². The summed E-state index contributed by atoms with van der Waals surface area (Å²) in [5.74, 6) is -2.48. The van der Waals surface area contributed by atoms with Crippen LogP contribution in [0.1, 0.15) is 61.6 Å². The van der Waals surface area contributed by atoms with E-state index in [0.717, 1.165) is 25.3 Å². The van der Waals surface area contributed by atoms with Crippen LogP contribution in [0.2, 0.25) is 0 Å². The molecule has 100 valence electrons. The van der Waals surface area contributed by atoms with Gasteiger partial charge in [-0.3, -0.25) is 0 Å². The van der Waals surface area contributed by atoms with E-state index < -0.39 is 5.92 Å². The molecule has 0 bridgehead atoms. The average Bonchev–Trinajstić information content (AvgIpc) is 2.38. The van der Waals surface area contributed by atoms with E-state index in [1.807, 2.05) is 6.07 Å². The molecular weight excluding hydrogens is 234 g/mol. The summed E-state index contributed by atoms with van der Waals surface area (Å²) in [6.07, 6.45) is 5.80. The molecule has 0 aliphatic heterocycles. The second-order valence-corrected chi connectivity index (χ2v) is 5.30. The molecular formula is C15H20F2O. The van der Waals surface area contributed by atoms with Crippen molar-refractivity contribution in [3.63, 3.8) is 0 Å². The summed E-state index contributed by atoms with van der Waals surface area (Å²) in [4.78, 5) is 0. The van der Waals surface area contributed by atoms with E-state index in [9.17, 15) is 8.78 Å². The van der Waals surface area contributed by atoms with Crippen molar-refractivity contribution in [1.29, 1.82) is 0 Å². The van der Waals surface area contributed by atoms with E-state index in [1.165, 1.54) is 19.3 Å². The molecule has 2 rings (SSSR count). The van der Waals surface area contributed by atoms with E-state index in [2.05, 4.69) is 0 Å². The summed E-state index contributed by atoms with van der Waals surface area (Å²) < 4.78 is 27.1. The maximum atomic E-state index is 13.5. The molecule has 1 aromatic rings. The molecule has 1 aliphatic rings. The first kappa shape index (κ1) is 13.5. The van der Waals surface area contributed by atoms with Crippen LogP contribution in [0.4, 0.5) is 8.78 Å². The summed E-state index contributed by atoms with van der Waals surface area (Å²) in [6.45, 7) is 0.565. The van der Waals surface area contributed by atoms with Crippen LogP contribution in [-0.4, -0.2) is 5.11 Å². The van der Waals surface area contributed by atoms with Crippen molar-refractivity contribution in [2.75, 3.05) is 0 Å². The zero-order valence-corrected chi connectivity index (χ0v) is 10.8. The van der Waals surface area contributed by atoms with Crippen LogP contribution in [-0.2, 0) is 12.5 Å². The predicted octanol–water partition coefficient (Wildman–Crippen LogP) is 4.34. The summed E-state index contributed by atoms with van der Waals surface area (Å²) in [5.41, 5.74) is 1.32. The van der Waals surface area contributed by atoms with Crippen molar-refractivity contribution < 1.29 is 13.9 Å². The van der Waals surface area contributed by atoms with E-state index in [-0.39, 0.29) is 12.2 Å². The molecule has 1 fully saturated rings. The fraction of sp³-hybridized carbons (Fsp3) is 0.600. The van der Waals surface area contributed by atoms with Gasteiger partial charge in [0.2, 0.25) is 0 Å². The fourth-order valence-corrected chi connectivity index (χ4v) is 2.83. The Balaban J connectivity index is 2.33. The second kappa shape index (κ2) is 5.35. The van der Waals surface area contributed by atoms with Gasteiger partial charge in [-0.15, -0.1) is 0 Å². The lowest BCUT2D eigenvalue weighted by atomic mass is 9.82. The number of aliphatic hydroxyl groups is 1. The normalized spacial score (nSPS) is 18.0. The first-order valence-electron chi connectivity index (χ1n) is 6.64. The van der Waals surface area contributed by atoms with Gasteiger partial charge in [0.15, 0.2) is 0 Å². The highest BCUT2D eigenvalue weighted by molar-refractivity contribution is 5.36. The van der Waals surface area contributed by atoms with E-state index in [0.29, 0.717) is 11.5 Å². The van der Waals surface area contributed by atoms with Gasteiger partial charge in [-0.05, 0) is 36.0 Å². The quantitative estimate of drug-likeness (QED) is 0.850. The Morgan fingerprint density at radius 3 is 2.44 bits per heavy atom. The Labute approximate surface area is 107 Å². The van der Waals surface area contributed by atoms with Gasteiger partial charge in [-0.25, -0.2) is 8.78 Å². The number of benzene rings is 1. The first-order valence-corrected chi connectivity index (χ1v) is 6.64. The minimum absolute atomic E-state index is 0.0203. The molecule has 0 aromatic heterocycles. The van der Waals surface area contributed by atoms with E-state index in [1.54, 1.807) is 12.1 Å². The Morgan fingerprint density at radius 1 is 1.22 bits per heavy atom. The molecule has 0 saturated heterocycles. The third-order valence-corrected chi connectivity index (χ3v) is 3.85. The summed E-state index contributed by atoms with van der Waals surface area (Å²) >= 11 is 0. The second-order valence-electron chi connectivity index (χ2n) is 5.30. The van der Waals surface area contributed by atoms with Crippen LogP contribution in [0.25, 0.3) is 0 Å². The highest BCUT2D eigenvalue weighted by Gasteiger charge is 2.28. The number of rotatable bonds is 3. The molecule has 1 aromatic carbocycles. The fourth-order valence-electron chi connectivity index (χ4n) is 2.83. The summed E-state index contributed by atoms with van der Waals surface area (Å²) in [6, 6.07) is 5.15. The third-order valence-electron chi connectivity index (χ3n) is 3.85. The standard InChI is InChI=1S/C15H20F2O/c1-15(16,17)14-9-12(7-8-13(14)10-18)11-5-3-2-4-6-11/h7-9,11,18H,2-6,10H2,1H3. The third kappa shape index (κ3) is 2.89. The Hall–Kier alpha value is -0.960. The average molecular weight is 254 g/mol. The molecule has 0 amide bonds. The van der Waals surface area contributed by atoms with E-state index >= 15 is 0 Å². The minimum Gasteiger partial charge on any atom is -0.392 e. The molecule has 0 unspecified atom stereocenters. The highest BCUT2D eigenvalue weighted by Crippen LogP contribution is 2.37. The van der Waals surface area contributed by atoms with E-state index in [4.69, 9.17) is 5.11 Å². The van der Waals surface area contributed by atoms with Crippen LogP contribution in [0.15, 0.2) is 18.2 Å². The number of halogens is 2. The van der Waals surface area contributed by atoms with Crippen LogP contribution in [0.3, 0.4) is 0 Å². The molecule has 1 saturated carbocycles. The van der Waals surface area contributed by atoms with Gasteiger partial charge in [0.1, 0.15) is 0 Å². The first-order chi connectivity index (χ1) is 8.52. The molecule has 0 heterocycles. The number of alkyl halides is 2. The Morgan fingerprint density at radius 2 is 1.89 bits per heavy atom. The zero-order chi connectivity index (χ0) is 13.2. The van der Waals surface area contributed by atoms with Crippen molar-refractivity contribution in [3.8, 4) is 0 Å². The van der Waals surface area contributed by atoms with Crippen molar-refractivity contribution in [1.82, 2.24) is 0 Å². The molecule has 18 heavy (non-hydrogen) atoms. The molecule has 1 nitrogen and oxygen atoms in total. The number of aliphatic hydroxyl groups excluding tert-OH is 1. The minimum atomic E-state index is -2.89. The predicted molar refractivity (Wildman–Crippen MR) is 67.8 cm³/mol. The molecule has 0 spiro atoms. The van der Waals surface area contributed by atoms with Crippen LogP contribution in [0, 0.1) is 0 Å². The van der Waals surface area contributed by atoms with Gasteiger partial charge >= 0.3 is 0 Å². The van der Waals surface area contributed by atoms with Crippen LogP contribution >= 0.6 is 0 Å².